The van der Waals surface area contributed by atoms with Crippen molar-refractivity contribution in [3.8, 4) is 0 Å². The Morgan fingerprint density at radius 1 is 1.22 bits per heavy atom. The van der Waals surface area contributed by atoms with E-state index in [1.807, 2.05) is 0 Å². The van der Waals surface area contributed by atoms with E-state index in [0.717, 1.165) is 5.56 Å². The quantitative estimate of drug-likeness (QED) is 0.640. The van der Waals surface area contributed by atoms with Gasteiger partial charge in [-0.25, -0.2) is 4.39 Å². The maximum atomic E-state index is 14.0. The van der Waals surface area contributed by atoms with Crippen LogP contribution in [-0.4, -0.2) is 10.8 Å². The fraction of sp³-hybridized carbons (Fsp3) is 0.235. The molecule has 0 aliphatic carbocycles. The molecular formula is C17H15FN2O3. The Balaban J connectivity index is 2.05. The predicted molar refractivity (Wildman–Crippen MR) is 83.7 cm³/mol. The molecule has 118 valence electrons. The van der Waals surface area contributed by atoms with Gasteiger partial charge in [0.25, 0.3) is 5.69 Å². The van der Waals surface area contributed by atoms with Crippen molar-refractivity contribution in [2.24, 2.45) is 0 Å². The van der Waals surface area contributed by atoms with Gasteiger partial charge in [-0.3, -0.25) is 14.9 Å². The Morgan fingerprint density at radius 2 is 1.96 bits per heavy atom. The van der Waals surface area contributed by atoms with Crippen LogP contribution in [0, 0.1) is 15.9 Å². The molecule has 1 unspecified atom stereocenters. The Kier molecular flexibility index (Phi) is 3.82. The first-order valence-electron chi connectivity index (χ1n) is 7.33. The molecule has 2 aromatic carbocycles. The van der Waals surface area contributed by atoms with Gasteiger partial charge in [0.2, 0.25) is 5.91 Å². The second-order valence-electron chi connectivity index (χ2n) is 5.53. The molecule has 0 N–H and O–H groups in total. The van der Waals surface area contributed by atoms with Crippen molar-refractivity contribution in [3.05, 3.63) is 69.5 Å². The zero-order valence-corrected chi connectivity index (χ0v) is 12.5. The largest absolute Gasteiger partial charge is 0.305 e. The van der Waals surface area contributed by atoms with Gasteiger partial charge in [-0.15, -0.1) is 0 Å². The zero-order chi connectivity index (χ0) is 16.6. The molecule has 6 heteroatoms. The van der Waals surface area contributed by atoms with E-state index in [-0.39, 0.29) is 23.8 Å². The minimum absolute atomic E-state index is 0.00315. The van der Waals surface area contributed by atoms with E-state index in [1.54, 1.807) is 31.2 Å². The van der Waals surface area contributed by atoms with Crippen LogP contribution in [0.3, 0.4) is 0 Å². The molecule has 1 atom stereocenters. The SMILES string of the molecule is CC(c1ccccc1F)N1C(=O)CCc2cc([N+](=O)[O-])ccc21. The first-order valence-corrected chi connectivity index (χ1v) is 7.33. The van der Waals surface area contributed by atoms with Crippen LogP contribution in [0.25, 0.3) is 0 Å². The number of anilines is 1. The number of aryl methyl sites for hydroxylation is 1. The van der Waals surface area contributed by atoms with Crippen LogP contribution in [0.4, 0.5) is 15.8 Å². The second-order valence-corrected chi connectivity index (χ2v) is 5.53. The summed E-state index contributed by atoms with van der Waals surface area (Å²) in [4.78, 5) is 24.4. The summed E-state index contributed by atoms with van der Waals surface area (Å²) >= 11 is 0. The highest BCUT2D eigenvalue weighted by Gasteiger charge is 2.31. The minimum atomic E-state index is -0.482. The van der Waals surface area contributed by atoms with Gasteiger partial charge in [0.1, 0.15) is 5.82 Å². The number of non-ortho nitro benzene ring substituents is 1. The Hall–Kier alpha value is -2.76. The summed E-state index contributed by atoms with van der Waals surface area (Å²) in [5.41, 5.74) is 1.77. The van der Waals surface area contributed by atoms with E-state index in [0.29, 0.717) is 17.7 Å². The lowest BCUT2D eigenvalue weighted by Gasteiger charge is -2.34. The van der Waals surface area contributed by atoms with Crippen LogP contribution in [0.15, 0.2) is 42.5 Å². The summed E-state index contributed by atoms with van der Waals surface area (Å²) in [5.74, 6) is -0.482. The Labute approximate surface area is 132 Å². The summed E-state index contributed by atoms with van der Waals surface area (Å²) < 4.78 is 14.0. The Bertz CT molecular complexity index is 791. The van der Waals surface area contributed by atoms with E-state index < -0.39 is 11.0 Å². The molecule has 2 aromatic rings. The molecule has 1 heterocycles. The van der Waals surface area contributed by atoms with Crippen LogP contribution < -0.4 is 4.90 Å². The first kappa shape index (κ1) is 15.1. The van der Waals surface area contributed by atoms with Gasteiger partial charge in [0, 0.05) is 29.8 Å². The summed E-state index contributed by atoms with van der Waals surface area (Å²) in [6, 6.07) is 10.3. The summed E-state index contributed by atoms with van der Waals surface area (Å²) in [6.45, 7) is 1.76. The van der Waals surface area contributed by atoms with Crippen LogP contribution in [0.2, 0.25) is 0 Å². The number of hydrogen-bond donors (Lipinski definition) is 0. The van der Waals surface area contributed by atoms with Crippen molar-refractivity contribution in [2.45, 2.75) is 25.8 Å². The van der Waals surface area contributed by atoms with Crippen molar-refractivity contribution in [3.63, 3.8) is 0 Å². The molecule has 0 saturated carbocycles. The van der Waals surface area contributed by atoms with Crippen molar-refractivity contribution < 1.29 is 14.1 Å². The molecular weight excluding hydrogens is 299 g/mol. The number of carbonyl (C=O) groups excluding carboxylic acids is 1. The third kappa shape index (κ3) is 2.67. The molecule has 0 spiro atoms. The van der Waals surface area contributed by atoms with E-state index in [9.17, 15) is 19.3 Å². The van der Waals surface area contributed by atoms with Gasteiger partial charge in [0.05, 0.1) is 11.0 Å². The number of benzene rings is 2. The highest BCUT2D eigenvalue weighted by Crippen LogP contribution is 2.37. The highest BCUT2D eigenvalue weighted by atomic mass is 19.1. The monoisotopic (exact) mass is 314 g/mol. The minimum Gasteiger partial charge on any atom is -0.305 e. The molecule has 3 rings (SSSR count). The van der Waals surface area contributed by atoms with Gasteiger partial charge in [0.15, 0.2) is 0 Å². The van der Waals surface area contributed by atoms with Crippen molar-refractivity contribution in [1.29, 1.82) is 0 Å². The smallest absolute Gasteiger partial charge is 0.269 e. The average molecular weight is 314 g/mol. The number of carbonyl (C=O) groups is 1. The molecule has 5 nitrogen and oxygen atoms in total. The van der Waals surface area contributed by atoms with Crippen molar-refractivity contribution >= 4 is 17.3 Å². The van der Waals surface area contributed by atoms with Gasteiger partial charge < -0.3 is 4.90 Å². The van der Waals surface area contributed by atoms with Crippen LogP contribution in [0.1, 0.15) is 30.5 Å². The van der Waals surface area contributed by atoms with Gasteiger partial charge >= 0.3 is 0 Å². The normalized spacial score (nSPS) is 15.2. The van der Waals surface area contributed by atoms with E-state index >= 15 is 0 Å². The number of nitrogens with zero attached hydrogens (tertiary/aromatic N) is 2. The van der Waals surface area contributed by atoms with Gasteiger partial charge in [-0.05, 0) is 31.0 Å². The summed E-state index contributed by atoms with van der Waals surface area (Å²) in [7, 11) is 0. The molecule has 0 fully saturated rings. The van der Waals surface area contributed by atoms with E-state index in [4.69, 9.17) is 0 Å². The van der Waals surface area contributed by atoms with Crippen molar-refractivity contribution in [1.82, 2.24) is 0 Å². The fourth-order valence-electron chi connectivity index (χ4n) is 2.99. The number of hydrogen-bond acceptors (Lipinski definition) is 3. The molecule has 1 aliphatic heterocycles. The standard InChI is InChI=1S/C17H15FN2O3/c1-11(14-4-2-3-5-15(14)18)19-16-8-7-13(20(22)23)10-12(16)6-9-17(19)21/h2-5,7-8,10-11H,6,9H2,1H3. The number of nitro groups is 1. The maximum Gasteiger partial charge on any atom is 0.269 e. The Morgan fingerprint density at radius 3 is 2.65 bits per heavy atom. The molecule has 23 heavy (non-hydrogen) atoms. The number of rotatable bonds is 3. The maximum absolute atomic E-state index is 14.0. The van der Waals surface area contributed by atoms with Crippen molar-refractivity contribution in [2.75, 3.05) is 4.90 Å². The topological polar surface area (TPSA) is 63.5 Å². The third-order valence-electron chi connectivity index (χ3n) is 4.15. The third-order valence-corrected chi connectivity index (χ3v) is 4.15. The molecule has 0 bridgehead atoms. The summed E-state index contributed by atoms with van der Waals surface area (Å²) in [5, 5.41) is 10.9. The predicted octanol–water partition coefficient (Wildman–Crippen LogP) is 3.77. The molecule has 1 aliphatic rings. The first-order chi connectivity index (χ1) is 11.0. The fourth-order valence-corrected chi connectivity index (χ4v) is 2.99. The molecule has 1 amide bonds. The van der Waals surface area contributed by atoms with E-state index in [1.165, 1.54) is 23.1 Å². The average Bonchev–Trinajstić information content (AvgIpc) is 2.54. The molecule has 0 saturated heterocycles. The number of nitro benzene ring substituents is 1. The lowest BCUT2D eigenvalue weighted by Crippen LogP contribution is -2.37. The van der Waals surface area contributed by atoms with E-state index in [2.05, 4.69) is 0 Å². The van der Waals surface area contributed by atoms with Crippen LogP contribution in [-0.2, 0) is 11.2 Å². The highest BCUT2D eigenvalue weighted by molar-refractivity contribution is 5.97. The molecule has 0 radical (unpaired) electrons. The van der Waals surface area contributed by atoms with Crippen LogP contribution in [0.5, 0.6) is 0 Å². The van der Waals surface area contributed by atoms with Gasteiger partial charge in [-0.2, -0.15) is 0 Å². The number of halogens is 1. The lowest BCUT2D eigenvalue weighted by molar-refractivity contribution is -0.384. The summed E-state index contributed by atoms with van der Waals surface area (Å²) in [6.07, 6.45) is 0.712. The zero-order valence-electron chi connectivity index (χ0n) is 12.5. The second kappa shape index (κ2) is 5.79. The lowest BCUT2D eigenvalue weighted by atomic mass is 9.96. The number of fused-ring (bicyclic) bond motifs is 1. The number of amides is 1. The van der Waals surface area contributed by atoms with Crippen LogP contribution >= 0.6 is 0 Å². The van der Waals surface area contributed by atoms with Gasteiger partial charge in [-0.1, -0.05) is 18.2 Å². The molecule has 0 aromatic heterocycles.